The molecule has 0 aliphatic carbocycles. The van der Waals surface area contributed by atoms with E-state index < -0.39 is 9.84 Å². The summed E-state index contributed by atoms with van der Waals surface area (Å²) in [6.45, 7) is 2.73. The summed E-state index contributed by atoms with van der Waals surface area (Å²) in [5.41, 5.74) is 0. The quantitative estimate of drug-likeness (QED) is 0.702. The lowest BCUT2D eigenvalue weighted by molar-refractivity contribution is 0.0923. The van der Waals surface area contributed by atoms with Crippen LogP contribution >= 0.6 is 0 Å². The molecule has 1 heterocycles. The predicted molar refractivity (Wildman–Crippen MR) is 92.5 cm³/mol. The molecule has 0 saturated carbocycles. The number of benzene rings is 1. The van der Waals surface area contributed by atoms with E-state index in [-0.39, 0.29) is 28.1 Å². The van der Waals surface area contributed by atoms with Crippen LogP contribution in [0.5, 0.6) is 0 Å². The lowest BCUT2D eigenvalue weighted by Crippen LogP contribution is -2.23. The molecule has 0 spiro atoms. The second kappa shape index (κ2) is 8.68. The fraction of sp³-hybridized carbons (Fsp3) is 0.389. The molecule has 0 unspecified atom stereocenters. The SMILES string of the molecule is CCCCCCNC(=O)c1ccc(CS(=O)(=O)c2ccccc2)o1. The first-order chi connectivity index (χ1) is 11.5. The smallest absolute Gasteiger partial charge is 0.286 e. The van der Waals surface area contributed by atoms with E-state index in [1.54, 1.807) is 30.3 Å². The molecular weight excluding hydrogens is 326 g/mol. The second-order valence-corrected chi connectivity index (χ2v) is 7.64. The molecule has 2 aromatic rings. The molecule has 130 valence electrons. The van der Waals surface area contributed by atoms with E-state index in [4.69, 9.17) is 4.42 Å². The lowest BCUT2D eigenvalue weighted by atomic mass is 10.2. The van der Waals surface area contributed by atoms with Gasteiger partial charge in [-0.1, -0.05) is 44.4 Å². The molecule has 0 fully saturated rings. The minimum atomic E-state index is -3.48. The van der Waals surface area contributed by atoms with Gasteiger partial charge in [-0.3, -0.25) is 4.79 Å². The number of rotatable bonds is 9. The number of unbranched alkanes of at least 4 members (excludes halogenated alkanes) is 3. The zero-order valence-electron chi connectivity index (χ0n) is 13.8. The van der Waals surface area contributed by atoms with Crippen LogP contribution in [0.25, 0.3) is 0 Å². The number of carbonyl (C=O) groups is 1. The van der Waals surface area contributed by atoms with Crippen molar-refractivity contribution < 1.29 is 17.6 Å². The van der Waals surface area contributed by atoms with Crippen molar-refractivity contribution in [1.82, 2.24) is 5.32 Å². The molecule has 24 heavy (non-hydrogen) atoms. The number of sulfone groups is 1. The van der Waals surface area contributed by atoms with Gasteiger partial charge < -0.3 is 9.73 Å². The van der Waals surface area contributed by atoms with Gasteiger partial charge in [0.25, 0.3) is 5.91 Å². The maximum atomic E-state index is 12.3. The third-order valence-corrected chi connectivity index (χ3v) is 5.29. The van der Waals surface area contributed by atoms with Gasteiger partial charge in [0.15, 0.2) is 15.6 Å². The van der Waals surface area contributed by atoms with Gasteiger partial charge in [0.2, 0.25) is 0 Å². The average Bonchev–Trinajstić information content (AvgIpc) is 3.03. The fourth-order valence-corrected chi connectivity index (χ4v) is 3.58. The van der Waals surface area contributed by atoms with E-state index in [1.165, 1.54) is 12.1 Å². The van der Waals surface area contributed by atoms with Crippen LogP contribution in [0.1, 0.15) is 48.9 Å². The molecule has 0 atom stereocenters. The molecule has 1 amide bonds. The first kappa shape index (κ1) is 18.3. The summed E-state index contributed by atoms with van der Waals surface area (Å²) >= 11 is 0. The van der Waals surface area contributed by atoms with Crippen molar-refractivity contribution in [2.45, 2.75) is 43.3 Å². The molecule has 6 heteroatoms. The summed E-state index contributed by atoms with van der Waals surface area (Å²) in [5, 5.41) is 2.78. The third kappa shape index (κ3) is 5.23. The predicted octanol–water partition coefficient (Wildman–Crippen LogP) is 3.56. The highest BCUT2D eigenvalue weighted by Gasteiger charge is 2.18. The van der Waals surface area contributed by atoms with E-state index in [2.05, 4.69) is 12.2 Å². The average molecular weight is 349 g/mol. The monoisotopic (exact) mass is 349 g/mol. The number of hydrogen-bond acceptors (Lipinski definition) is 4. The molecule has 0 bridgehead atoms. The van der Waals surface area contributed by atoms with Gasteiger partial charge in [0.05, 0.1) is 4.90 Å². The zero-order chi connectivity index (χ0) is 17.4. The molecular formula is C18H23NO4S. The molecule has 0 saturated heterocycles. The van der Waals surface area contributed by atoms with Crippen LogP contribution in [-0.4, -0.2) is 20.9 Å². The molecule has 0 aliphatic rings. The largest absolute Gasteiger partial charge is 0.455 e. The highest BCUT2D eigenvalue weighted by molar-refractivity contribution is 7.90. The van der Waals surface area contributed by atoms with Gasteiger partial charge in [-0.15, -0.1) is 0 Å². The molecule has 1 aromatic heterocycles. The highest BCUT2D eigenvalue weighted by Crippen LogP contribution is 2.18. The Kier molecular flexibility index (Phi) is 6.61. The minimum Gasteiger partial charge on any atom is -0.455 e. The van der Waals surface area contributed by atoms with Crippen molar-refractivity contribution in [3.8, 4) is 0 Å². The number of amides is 1. The molecule has 2 rings (SSSR count). The Balaban J connectivity index is 1.92. The Morgan fingerprint density at radius 2 is 1.79 bits per heavy atom. The first-order valence-electron chi connectivity index (χ1n) is 8.17. The number of carbonyl (C=O) groups excluding carboxylic acids is 1. The number of nitrogens with one attached hydrogen (secondary N) is 1. The van der Waals surface area contributed by atoms with Crippen molar-refractivity contribution in [1.29, 1.82) is 0 Å². The lowest BCUT2D eigenvalue weighted by Gasteiger charge is -2.03. The van der Waals surface area contributed by atoms with E-state index in [9.17, 15) is 13.2 Å². The second-order valence-electron chi connectivity index (χ2n) is 5.65. The van der Waals surface area contributed by atoms with Gasteiger partial charge in [-0.25, -0.2) is 8.42 Å². The molecule has 0 radical (unpaired) electrons. The van der Waals surface area contributed by atoms with Gasteiger partial charge in [-0.2, -0.15) is 0 Å². The Labute approximate surface area is 143 Å². The van der Waals surface area contributed by atoms with E-state index in [0.717, 1.165) is 25.7 Å². The number of furan rings is 1. The van der Waals surface area contributed by atoms with Gasteiger partial charge in [0.1, 0.15) is 11.5 Å². The zero-order valence-corrected chi connectivity index (χ0v) is 14.6. The van der Waals surface area contributed by atoms with Crippen molar-refractivity contribution in [3.05, 3.63) is 54.0 Å². The normalized spacial score (nSPS) is 11.4. The van der Waals surface area contributed by atoms with Crippen molar-refractivity contribution in [3.63, 3.8) is 0 Å². The van der Waals surface area contributed by atoms with Crippen molar-refractivity contribution >= 4 is 15.7 Å². The summed E-state index contributed by atoms with van der Waals surface area (Å²) in [6, 6.07) is 11.2. The summed E-state index contributed by atoms with van der Waals surface area (Å²) in [6.07, 6.45) is 4.30. The van der Waals surface area contributed by atoms with Crippen LogP contribution in [0.3, 0.4) is 0 Å². The minimum absolute atomic E-state index is 0.142. The summed E-state index contributed by atoms with van der Waals surface area (Å²) in [4.78, 5) is 12.2. The first-order valence-corrected chi connectivity index (χ1v) is 9.83. The summed E-state index contributed by atoms with van der Waals surface area (Å²) < 4.78 is 30.0. The Morgan fingerprint density at radius 1 is 1.04 bits per heavy atom. The molecule has 1 N–H and O–H groups in total. The maximum absolute atomic E-state index is 12.3. The Bertz CT molecular complexity index is 750. The van der Waals surface area contributed by atoms with Crippen LogP contribution in [0.2, 0.25) is 0 Å². The van der Waals surface area contributed by atoms with Crippen LogP contribution < -0.4 is 5.32 Å². The number of hydrogen-bond donors (Lipinski definition) is 1. The topological polar surface area (TPSA) is 76.4 Å². The summed E-state index contributed by atoms with van der Waals surface area (Å²) in [7, 11) is -3.48. The standard InChI is InChI=1S/C18H23NO4S/c1-2-3-4-8-13-19-18(20)17-12-11-15(23-17)14-24(21,22)16-9-6-5-7-10-16/h5-7,9-12H,2-4,8,13-14H2,1H3,(H,19,20). The molecule has 5 nitrogen and oxygen atoms in total. The van der Waals surface area contributed by atoms with Crippen molar-refractivity contribution in [2.75, 3.05) is 6.54 Å². The Hall–Kier alpha value is -2.08. The molecule has 0 aliphatic heterocycles. The van der Waals surface area contributed by atoms with Crippen LogP contribution in [0.4, 0.5) is 0 Å². The van der Waals surface area contributed by atoms with Crippen LogP contribution in [0, 0.1) is 0 Å². The van der Waals surface area contributed by atoms with E-state index in [0.29, 0.717) is 6.54 Å². The van der Waals surface area contributed by atoms with Gasteiger partial charge in [-0.05, 0) is 30.7 Å². The van der Waals surface area contributed by atoms with E-state index >= 15 is 0 Å². The molecule has 1 aromatic carbocycles. The Morgan fingerprint density at radius 3 is 2.50 bits per heavy atom. The fourth-order valence-electron chi connectivity index (χ4n) is 2.32. The maximum Gasteiger partial charge on any atom is 0.286 e. The van der Waals surface area contributed by atoms with Crippen LogP contribution in [0.15, 0.2) is 51.8 Å². The third-order valence-electron chi connectivity index (χ3n) is 3.64. The van der Waals surface area contributed by atoms with Gasteiger partial charge in [0, 0.05) is 6.54 Å². The van der Waals surface area contributed by atoms with Gasteiger partial charge >= 0.3 is 0 Å². The van der Waals surface area contributed by atoms with Crippen LogP contribution in [-0.2, 0) is 15.6 Å². The highest BCUT2D eigenvalue weighted by atomic mass is 32.2. The van der Waals surface area contributed by atoms with E-state index in [1.807, 2.05) is 0 Å². The summed E-state index contributed by atoms with van der Waals surface area (Å²) in [5.74, 6) is -0.172. The van der Waals surface area contributed by atoms with Crippen molar-refractivity contribution in [2.24, 2.45) is 0 Å².